The Morgan fingerprint density at radius 1 is 0.952 bits per heavy atom. The van der Waals surface area contributed by atoms with Gasteiger partial charge in [-0.1, -0.05) is 31.2 Å². The van der Waals surface area contributed by atoms with Crippen LogP contribution >= 0.6 is 0 Å². The van der Waals surface area contributed by atoms with Gasteiger partial charge >= 0.3 is 0 Å². The van der Waals surface area contributed by atoms with E-state index < -0.39 is 0 Å². The fraction of sp³-hybridized carbons (Fsp3) is 0.222. The first-order chi connectivity index (χ1) is 10.1. The minimum Gasteiger partial charge on any atom is -0.485 e. The van der Waals surface area contributed by atoms with Crippen molar-refractivity contribution in [1.29, 1.82) is 0 Å². The van der Waals surface area contributed by atoms with Crippen LogP contribution in [-0.4, -0.2) is 18.2 Å². The highest BCUT2D eigenvalue weighted by Crippen LogP contribution is 2.15. The van der Waals surface area contributed by atoms with Crippen molar-refractivity contribution in [3.8, 4) is 5.75 Å². The summed E-state index contributed by atoms with van der Waals surface area (Å²) in [5.74, 6) is 0.629. The number of ketones is 2. The molecule has 0 aliphatic rings. The van der Waals surface area contributed by atoms with Crippen LogP contribution in [0.5, 0.6) is 5.75 Å². The van der Waals surface area contributed by atoms with Crippen molar-refractivity contribution >= 4 is 11.6 Å². The number of aryl methyl sites for hydroxylation is 1. The third-order valence-corrected chi connectivity index (χ3v) is 3.31. The van der Waals surface area contributed by atoms with E-state index in [0.717, 1.165) is 5.56 Å². The molecule has 0 heterocycles. The maximum atomic E-state index is 12.1. The lowest BCUT2D eigenvalue weighted by atomic mass is 10.1. The number of rotatable bonds is 6. The number of ether oxygens (including phenoxy) is 1. The van der Waals surface area contributed by atoms with Crippen LogP contribution in [0.1, 0.15) is 39.6 Å². The molecule has 0 radical (unpaired) electrons. The summed E-state index contributed by atoms with van der Waals surface area (Å²) in [6.45, 7) is 3.72. The number of carbonyl (C=O) groups is 2. The van der Waals surface area contributed by atoms with Gasteiger partial charge in [-0.15, -0.1) is 0 Å². The van der Waals surface area contributed by atoms with Crippen molar-refractivity contribution < 1.29 is 14.3 Å². The van der Waals surface area contributed by atoms with Gasteiger partial charge in [-0.3, -0.25) is 9.59 Å². The minimum atomic E-state index is -0.0539. The van der Waals surface area contributed by atoms with E-state index in [-0.39, 0.29) is 18.2 Å². The highest BCUT2D eigenvalue weighted by Gasteiger charge is 2.09. The predicted octanol–water partition coefficient (Wildman–Crippen LogP) is 3.85. The normalized spacial score (nSPS) is 10.2. The molecule has 21 heavy (non-hydrogen) atoms. The Morgan fingerprint density at radius 3 is 2.24 bits per heavy atom. The molecule has 0 amide bonds. The second kappa shape index (κ2) is 6.84. The van der Waals surface area contributed by atoms with Gasteiger partial charge in [-0.25, -0.2) is 0 Å². The van der Waals surface area contributed by atoms with E-state index >= 15 is 0 Å². The van der Waals surface area contributed by atoms with Gasteiger partial charge in [0.25, 0.3) is 0 Å². The van der Waals surface area contributed by atoms with Crippen molar-refractivity contribution in [1.82, 2.24) is 0 Å². The molecule has 0 fully saturated rings. The molecule has 108 valence electrons. The second-order valence-electron chi connectivity index (χ2n) is 4.83. The summed E-state index contributed by atoms with van der Waals surface area (Å²) >= 11 is 0. The van der Waals surface area contributed by atoms with Gasteiger partial charge in [-0.2, -0.15) is 0 Å². The molecule has 0 saturated carbocycles. The number of hydrogen-bond donors (Lipinski definition) is 0. The van der Waals surface area contributed by atoms with E-state index in [1.54, 1.807) is 30.3 Å². The summed E-state index contributed by atoms with van der Waals surface area (Å²) in [5, 5.41) is 0. The van der Waals surface area contributed by atoms with Gasteiger partial charge in [0.1, 0.15) is 5.75 Å². The van der Waals surface area contributed by atoms with Crippen LogP contribution in [0.4, 0.5) is 0 Å². The molecule has 0 bridgehead atoms. The van der Waals surface area contributed by atoms with Gasteiger partial charge in [0.05, 0.1) is 0 Å². The molecule has 3 heteroatoms. The lowest BCUT2D eigenvalue weighted by Gasteiger charge is -2.08. The monoisotopic (exact) mass is 282 g/mol. The molecule has 0 saturated heterocycles. The lowest BCUT2D eigenvalue weighted by Crippen LogP contribution is -2.12. The second-order valence-corrected chi connectivity index (χ2v) is 4.83. The van der Waals surface area contributed by atoms with E-state index in [1.165, 1.54) is 0 Å². The van der Waals surface area contributed by atoms with Crippen molar-refractivity contribution in [2.45, 2.75) is 20.3 Å². The zero-order valence-corrected chi connectivity index (χ0v) is 12.3. The topological polar surface area (TPSA) is 43.4 Å². The summed E-state index contributed by atoms with van der Waals surface area (Å²) in [6, 6.07) is 14.3. The number of Topliss-reactive ketones (excluding diaryl/α,β-unsaturated/α-hetero) is 2. The molecule has 0 N–H and O–H groups in total. The standard InChI is InChI=1S/C18H18O3/c1-3-17(19)14-8-10-15(11-9-14)21-12-18(20)16-7-5-4-6-13(16)2/h4-11H,3,12H2,1-2H3. The smallest absolute Gasteiger partial charge is 0.200 e. The molecular formula is C18H18O3. The van der Waals surface area contributed by atoms with Crippen LogP contribution in [0.25, 0.3) is 0 Å². The van der Waals surface area contributed by atoms with Crippen LogP contribution in [-0.2, 0) is 0 Å². The Kier molecular flexibility index (Phi) is 4.88. The maximum Gasteiger partial charge on any atom is 0.200 e. The molecule has 0 spiro atoms. The van der Waals surface area contributed by atoms with Crippen LogP contribution in [0.15, 0.2) is 48.5 Å². The van der Waals surface area contributed by atoms with Gasteiger partial charge < -0.3 is 4.74 Å². The fourth-order valence-corrected chi connectivity index (χ4v) is 2.05. The molecular weight excluding hydrogens is 264 g/mol. The van der Waals surface area contributed by atoms with Crippen LogP contribution in [0, 0.1) is 6.92 Å². The largest absolute Gasteiger partial charge is 0.485 e. The molecule has 2 aromatic rings. The van der Waals surface area contributed by atoms with E-state index in [0.29, 0.717) is 23.3 Å². The third-order valence-electron chi connectivity index (χ3n) is 3.31. The number of hydrogen-bond acceptors (Lipinski definition) is 3. The van der Waals surface area contributed by atoms with Crippen LogP contribution in [0.2, 0.25) is 0 Å². The first kappa shape index (κ1) is 15.0. The Hall–Kier alpha value is -2.42. The van der Waals surface area contributed by atoms with Crippen molar-refractivity contribution in [2.24, 2.45) is 0 Å². The van der Waals surface area contributed by atoms with Gasteiger partial charge in [-0.05, 0) is 36.8 Å². The van der Waals surface area contributed by atoms with Gasteiger partial charge in [0, 0.05) is 17.5 Å². The summed E-state index contributed by atoms with van der Waals surface area (Å²) in [4.78, 5) is 23.6. The highest BCUT2D eigenvalue weighted by atomic mass is 16.5. The van der Waals surface area contributed by atoms with Crippen molar-refractivity contribution in [3.63, 3.8) is 0 Å². The molecule has 2 rings (SSSR count). The Labute approximate surface area is 124 Å². The van der Waals surface area contributed by atoms with E-state index in [1.807, 2.05) is 32.0 Å². The van der Waals surface area contributed by atoms with Gasteiger partial charge in [0.2, 0.25) is 0 Å². The van der Waals surface area contributed by atoms with Crippen molar-refractivity contribution in [2.75, 3.05) is 6.61 Å². The Morgan fingerprint density at radius 2 is 1.62 bits per heavy atom. The number of carbonyl (C=O) groups excluding carboxylic acids is 2. The van der Waals surface area contributed by atoms with Crippen LogP contribution in [0.3, 0.4) is 0 Å². The average molecular weight is 282 g/mol. The molecule has 0 aliphatic heterocycles. The Bertz CT molecular complexity index is 642. The third kappa shape index (κ3) is 3.78. The minimum absolute atomic E-state index is 0.00801. The van der Waals surface area contributed by atoms with E-state index in [4.69, 9.17) is 4.74 Å². The maximum absolute atomic E-state index is 12.1. The summed E-state index contributed by atoms with van der Waals surface area (Å²) < 4.78 is 5.48. The molecule has 0 aliphatic carbocycles. The SMILES string of the molecule is CCC(=O)c1ccc(OCC(=O)c2ccccc2C)cc1. The van der Waals surface area contributed by atoms with Crippen LogP contribution < -0.4 is 4.74 Å². The quantitative estimate of drug-likeness (QED) is 0.756. The molecule has 0 aromatic heterocycles. The van der Waals surface area contributed by atoms with E-state index in [9.17, 15) is 9.59 Å². The van der Waals surface area contributed by atoms with E-state index in [2.05, 4.69) is 0 Å². The van der Waals surface area contributed by atoms with Crippen molar-refractivity contribution in [3.05, 3.63) is 65.2 Å². The lowest BCUT2D eigenvalue weighted by molar-refractivity contribution is 0.0919. The highest BCUT2D eigenvalue weighted by molar-refractivity contribution is 5.98. The predicted molar refractivity (Wildman–Crippen MR) is 82.1 cm³/mol. The molecule has 3 nitrogen and oxygen atoms in total. The summed E-state index contributed by atoms with van der Waals surface area (Å²) in [7, 11) is 0. The zero-order valence-electron chi connectivity index (χ0n) is 12.3. The summed E-state index contributed by atoms with van der Waals surface area (Å²) in [5.41, 5.74) is 2.28. The average Bonchev–Trinajstić information content (AvgIpc) is 2.52. The molecule has 0 atom stereocenters. The molecule has 0 unspecified atom stereocenters. The first-order valence-electron chi connectivity index (χ1n) is 6.96. The first-order valence-corrected chi connectivity index (χ1v) is 6.96. The fourth-order valence-electron chi connectivity index (χ4n) is 2.05. The summed E-state index contributed by atoms with van der Waals surface area (Å²) in [6.07, 6.45) is 0.478. The molecule has 2 aromatic carbocycles. The Balaban J connectivity index is 1.99. The van der Waals surface area contributed by atoms with Gasteiger partial charge in [0.15, 0.2) is 18.2 Å². The zero-order chi connectivity index (χ0) is 15.2. The number of benzene rings is 2.